The van der Waals surface area contributed by atoms with Gasteiger partial charge in [-0.2, -0.15) is 0 Å². The SMILES string of the molecule is CC(=O)Nc1ccc(NCC(=O)Nc2ccc(N3CCCC3)cc2)cc1. The fourth-order valence-electron chi connectivity index (χ4n) is 2.99. The second-order valence-electron chi connectivity index (χ2n) is 6.40. The summed E-state index contributed by atoms with van der Waals surface area (Å²) in [4.78, 5) is 25.5. The van der Waals surface area contributed by atoms with Gasteiger partial charge in [0.2, 0.25) is 11.8 Å². The maximum absolute atomic E-state index is 12.1. The minimum Gasteiger partial charge on any atom is -0.376 e. The average Bonchev–Trinajstić information content (AvgIpc) is 3.16. The molecule has 0 spiro atoms. The maximum atomic E-state index is 12.1. The number of nitrogens with one attached hydrogen (secondary N) is 3. The van der Waals surface area contributed by atoms with Crippen molar-refractivity contribution in [2.24, 2.45) is 0 Å². The monoisotopic (exact) mass is 352 g/mol. The topological polar surface area (TPSA) is 73.5 Å². The Bertz CT molecular complexity index is 750. The fraction of sp³-hybridized carbons (Fsp3) is 0.300. The molecule has 0 unspecified atom stereocenters. The largest absolute Gasteiger partial charge is 0.376 e. The Morgan fingerprint density at radius 3 is 2.00 bits per heavy atom. The number of hydrogen-bond acceptors (Lipinski definition) is 4. The highest BCUT2D eigenvalue weighted by Crippen LogP contribution is 2.22. The molecule has 6 heteroatoms. The van der Waals surface area contributed by atoms with Crippen LogP contribution in [0.1, 0.15) is 19.8 Å². The molecule has 0 atom stereocenters. The summed E-state index contributed by atoms with van der Waals surface area (Å²) in [6, 6.07) is 15.2. The van der Waals surface area contributed by atoms with Crippen molar-refractivity contribution < 1.29 is 9.59 Å². The van der Waals surface area contributed by atoms with Gasteiger partial charge in [-0.25, -0.2) is 0 Å². The van der Waals surface area contributed by atoms with Gasteiger partial charge in [-0.3, -0.25) is 9.59 Å². The highest BCUT2D eigenvalue weighted by Gasteiger charge is 2.12. The first-order valence-corrected chi connectivity index (χ1v) is 8.86. The molecule has 0 aromatic heterocycles. The van der Waals surface area contributed by atoms with Gasteiger partial charge in [-0.15, -0.1) is 0 Å². The van der Waals surface area contributed by atoms with Gasteiger partial charge in [-0.1, -0.05) is 0 Å². The molecule has 1 aliphatic rings. The lowest BCUT2D eigenvalue weighted by molar-refractivity contribution is -0.115. The van der Waals surface area contributed by atoms with Crippen LogP contribution in [0.3, 0.4) is 0 Å². The number of carbonyl (C=O) groups excluding carboxylic acids is 2. The van der Waals surface area contributed by atoms with E-state index >= 15 is 0 Å². The molecule has 1 fully saturated rings. The number of nitrogens with zero attached hydrogens (tertiary/aromatic N) is 1. The third kappa shape index (κ3) is 4.99. The van der Waals surface area contributed by atoms with E-state index in [4.69, 9.17) is 0 Å². The summed E-state index contributed by atoms with van der Waals surface area (Å²) in [6.45, 7) is 3.86. The summed E-state index contributed by atoms with van der Waals surface area (Å²) in [7, 11) is 0. The van der Waals surface area contributed by atoms with Crippen LogP contribution >= 0.6 is 0 Å². The molecular formula is C20H24N4O2. The Hall–Kier alpha value is -3.02. The van der Waals surface area contributed by atoms with Gasteiger partial charge in [0.1, 0.15) is 0 Å². The van der Waals surface area contributed by atoms with Crippen molar-refractivity contribution in [2.75, 3.05) is 40.5 Å². The zero-order valence-electron chi connectivity index (χ0n) is 14.9. The Labute approximate surface area is 153 Å². The molecule has 3 rings (SSSR count). The van der Waals surface area contributed by atoms with Crippen molar-refractivity contribution in [3.63, 3.8) is 0 Å². The first kappa shape index (κ1) is 17.8. The zero-order chi connectivity index (χ0) is 18.4. The van der Waals surface area contributed by atoms with E-state index in [1.807, 2.05) is 24.3 Å². The summed E-state index contributed by atoms with van der Waals surface area (Å²) in [5.74, 6) is -0.217. The minimum atomic E-state index is -0.110. The molecular weight excluding hydrogens is 328 g/mol. The number of benzene rings is 2. The van der Waals surface area contributed by atoms with Crippen LogP contribution in [0.15, 0.2) is 48.5 Å². The predicted octanol–water partition coefficient (Wildman–Crippen LogP) is 3.30. The first-order chi connectivity index (χ1) is 12.6. The summed E-state index contributed by atoms with van der Waals surface area (Å²) in [5, 5.41) is 8.66. The Balaban J connectivity index is 1.47. The van der Waals surface area contributed by atoms with Gasteiger partial charge in [0, 0.05) is 42.8 Å². The first-order valence-electron chi connectivity index (χ1n) is 8.86. The van der Waals surface area contributed by atoms with Gasteiger partial charge in [0.25, 0.3) is 0 Å². The molecule has 26 heavy (non-hydrogen) atoms. The van der Waals surface area contributed by atoms with Crippen molar-refractivity contribution in [2.45, 2.75) is 19.8 Å². The van der Waals surface area contributed by atoms with E-state index in [0.717, 1.165) is 30.2 Å². The summed E-state index contributed by atoms with van der Waals surface area (Å²) >= 11 is 0. The van der Waals surface area contributed by atoms with Crippen LogP contribution in [0.5, 0.6) is 0 Å². The highest BCUT2D eigenvalue weighted by atomic mass is 16.2. The maximum Gasteiger partial charge on any atom is 0.243 e. The summed E-state index contributed by atoms with van der Waals surface area (Å²) < 4.78 is 0. The van der Waals surface area contributed by atoms with E-state index in [9.17, 15) is 9.59 Å². The van der Waals surface area contributed by atoms with Gasteiger partial charge >= 0.3 is 0 Å². The Morgan fingerprint density at radius 1 is 0.846 bits per heavy atom. The van der Waals surface area contributed by atoms with Gasteiger partial charge in [0.05, 0.1) is 6.54 Å². The molecule has 2 aromatic rings. The van der Waals surface area contributed by atoms with Crippen molar-refractivity contribution >= 4 is 34.6 Å². The molecule has 3 N–H and O–H groups in total. The average molecular weight is 352 g/mol. The smallest absolute Gasteiger partial charge is 0.243 e. The fourth-order valence-corrected chi connectivity index (χ4v) is 2.99. The third-order valence-electron chi connectivity index (χ3n) is 4.28. The zero-order valence-corrected chi connectivity index (χ0v) is 14.9. The number of rotatable bonds is 6. The second-order valence-corrected chi connectivity index (χ2v) is 6.40. The molecule has 0 radical (unpaired) electrons. The lowest BCUT2D eigenvalue weighted by atomic mass is 10.2. The molecule has 2 aromatic carbocycles. The van der Waals surface area contributed by atoms with Crippen LogP contribution in [0.25, 0.3) is 0 Å². The minimum absolute atomic E-state index is 0.107. The van der Waals surface area contributed by atoms with E-state index in [1.54, 1.807) is 12.1 Å². The molecule has 0 saturated carbocycles. The van der Waals surface area contributed by atoms with Gasteiger partial charge in [0.15, 0.2) is 0 Å². The molecule has 1 aliphatic heterocycles. The lowest BCUT2D eigenvalue weighted by Gasteiger charge is -2.17. The second kappa shape index (κ2) is 8.38. The normalized spacial score (nSPS) is 13.3. The molecule has 6 nitrogen and oxygen atoms in total. The number of amides is 2. The summed E-state index contributed by atoms with van der Waals surface area (Å²) in [5.41, 5.74) is 3.54. The molecule has 0 aliphatic carbocycles. The van der Waals surface area contributed by atoms with E-state index in [-0.39, 0.29) is 18.4 Å². The van der Waals surface area contributed by atoms with E-state index in [2.05, 4.69) is 33.0 Å². The molecule has 136 valence electrons. The standard InChI is InChI=1S/C20H24N4O2/c1-15(25)22-17-6-4-16(5-7-17)21-14-20(26)23-18-8-10-19(11-9-18)24-12-2-3-13-24/h4-11,21H,2-3,12-14H2,1H3,(H,22,25)(H,23,26). The van der Waals surface area contributed by atoms with Crippen LogP contribution in [0.2, 0.25) is 0 Å². The van der Waals surface area contributed by atoms with Crippen molar-refractivity contribution in [1.82, 2.24) is 0 Å². The van der Waals surface area contributed by atoms with Crippen LogP contribution in [-0.2, 0) is 9.59 Å². The van der Waals surface area contributed by atoms with Gasteiger partial charge < -0.3 is 20.9 Å². The van der Waals surface area contributed by atoms with E-state index < -0.39 is 0 Å². The number of anilines is 4. The van der Waals surface area contributed by atoms with Crippen LogP contribution in [-0.4, -0.2) is 31.4 Å². The number of hydrogen-bond donors (Lipinski definition) is 3. The molecule has 2 amide bonds. The van der Waals surface area contributed by atoms with Crippen LogP contribution < -0.4 is 20.9 Å². The molecule has 1 saturated heterocycles. The van der Waals surface area contributed by atoms with E-state index in [1.165, 1.54) is 25.5 Å². The van der Waals surface area contributed by atoms with Crippen LogP contribution in [0.4, 0.5) is 22.7 Å². The van der Waals surface area contributed by atoms with Crippen molar-refractivity contribution in [3.8, 4) is 0 Å². The Morgan fingerprint density at radius 2 is 1.38 bits per heavy atom. The Kier molecular flexibility index (Phi) is 5.73. The molecule has 1 heterocycles. The summed E-state index contributed by atoms with van der Waals surface area (Å²) in [6.07, 6.45) is 2.49. The quantitative estimate of drug-likeness (QED) is 0.746. The van der Waals surface area contributed by atoms with Crippen LogP contribution in [0, 0.1) is 0 Å². The molecule has 0 bridgehead atoms. The number of carbonyl (C=O) groups is 2. The predicted molar refractivity (Wildman–Crippen MR) is 106 cm³/mol. The van der Waals surface area contributed by atoms with Crippen molar-refractivity contribution in [3.05, 3.63) is 48.5 Å². The van der Waals surface area contributed by atoms with E-state index in [0.29, 0.717) is 0 Å². The lowest BCUT2D eigenvalue weighted by Crippen LogP contribution is -2.22. The third-order valence-corrected chi connectivity index (χ3v) is 4.28. The highest BCUT2D eigenvalue weighted by molar-refractivity contribution is 5.94. The van der Waals surface area contributed by atoms with Gasteiger partial charge in [-0.05, 0) is 61.4 Å². The van der Waals surface area contributed by atoms with Crippen molar-refractivity contribution in [1.29, 1.82) is 0 Å².